The fourth-order valence-corrected chi connectivity index (χ4v) is 3.36. The van der Waals surface area contributed by atoms with Gasteiger partial charge in [-0.1, -0.05) is 12.1 Å². The number of carbonyl (C=O) groups is 1. The Balaban J connectivity index is 0.00000225. The number of amides is 1. The summed E-state index contributed by atoms with van der Waals surface area (Å²) in [5, 5.41) is 8.38. The Labute approximate surface area is 153 Å². The van der Waals surface area contributed by atoms with E-state index in [4.69, 9.17) is 0 Å². The Hall–Kier alpha value is -1.64. The van der Waals surface area contributed by atoms with Crippen LogP contribution in [0.15, 0.2) is 29.6 Å². The monoisotopic (exact) mass is 391 g/mol. The summed E-state index contributed by atoms with van der Waals surface area (Å²) in [6.07, 6.45) is -2.52. The van der Waals surface area contributed by atoms with E-state index in [2.05, 4.69) is 15.6 Å². The molecule has 1 atom stereocenters. The standard InChI is InChI=1S/C16H16F3N3OS.ClH/c17-16(18,19)11-5-3-10(4-6-11)15-22-12(9-24-15)8-21-14(23)13-2-1-7-20-13;/h3-6,9,13,20H,1-2,7-8H2,(H,21,23);1H. The van der Waals surface area contributed by atoms with Gasteiger partial charge in [0.1, 0.15) is 5.01 Å². The topological polar surface area (TPSA) is 54.0 Å². The van der Waals surface area contributed by atoms with Crippen LogP contribution >= 0.6 is 23.7 Å². The third kappa shape index (κ3) is 4.93. The molecule has 9 heteroatoms. The van der Waals surface area contributed by atoms with Crippen molar-refractivity contribution in [3.05, 3.63) is 40.9 Å². The molecule has 1 aromatic heterocycles. The largest absolute Gasteiger partial charge is 0.416 e. The molecule has 1 aromatic carbocycles. The number of hydrogen-bond donors (Lipinski definition) is 2. The third-order valence-electron chi connectivity index (χ3n) is 3.83. The van der Waals surface area contributed by atoms with Crippen molar-refractivity contribution in [1.29, 1.82) is 0 Å². The van der Waals surface area contributed by atoms with E-state index in [1.54, 1.807) is 5.38 Å². The van der Waals surface area contributed by atoms with Gasteiger partial charge in [0.2, 0.25) is 5.91 Å². The summed E-state index contributed by atoms with van der Waals surface area (Å²) >= 11 is 1.34. The minimum atomic E-state index is -4.34. The van der Waals surface area contributed by atoms with Crippen molar-refractivity contribution in [3.63, 3.8) is 0 Å². The highest BCUT2D eigenvalue weighted by molar-refractivity contribution is 7.13. The van der Waals surface area contributed by atoms with Gasteiger partial charge in [0.15, 0.2) is 0 Å². The quantitative estimate of drug-likeness (QED) is 0.837. The second-order valence-corrected chi connectivity index (χ2v) is 6.44. The third-order valence-corrected chi connectivity index (χ3v) is 4.77. The Morgan fingerprint density at radius 3 is 2.64 bits per heavy atom. The number of nitrogens with zero attached hydrogens (tertiary/aromatic N) is 1. The predicted molar refractivity (Wildman–Crippen MR) is 92.7 cm³/mol. The van der Waals surface area contributed by atoms with Gasteiger partial charge in [0.25, 0.3) is 0 Å². The number of carbonyl (C=O) groups excluding carboxylic acids is 1. The minimum absolute atomic E-state index is 0. The molecule has 4 nitrogen and oxygen atoms in total. The lowest BCUT2D eigenvalue weighted by Gasteiger charge is -2.09. The first-order chi connectivity index (χ1) is 11.4. The zero-order valence-electron chi connectivity index (χ0n) is 13.1. The number of benzene rings is 1. The van der Waals surface area contributed by atoms with Gasteiger partial charge in [-0.3, -0.25) is 4.79 Å². The Morgan fingerprint density at radius 2 is 2.04 bits per heavy atom. The first kappa shape index (κ1) is 19.7. The van der Waals surface area contributed by atoms with Crippen molar-refractivity contribution < 1.29 is 18.0 Å². The van der Waals surface area contributed by atoms with E-state index in [9.17, 15) is 18.0 Å². The van der Waals surface area contributed by atoms with E-state index < -0.39 is 11.7 Å². The SMILES string of the molecule is Cl.O=C(NCc1csc(-c2ccc(C(F)(F)F)cc2)n1)C1CCCN1. The lowest BCUT2D eigenvalue weighted by Crippen LogP contribution is -2.40. The molecule has 0 spiro atoms. The predicted octanol–water partition coefficient (Wildman–Crippen LogP) is 3.62. The molecule has 2 heterocycles. The van der Waals surface area contributed by atoms with Crippen LogP contribution in [0.25, 0.3) is 10.6 Å². The summed E-state index contributed by atoms with van der Waals surface area (Å²) in [4.78, 5) is 16.3. The molecule has 0 bridgehead atoms. The molecule has 0 radical (unpaired) electrons. The summed E-state index contributed by atoms with van der Waals surface area (Å²) in [5.41, 5.74) is 0.642. The fraction of sp³-hybridized carbons (Fsp3) is 0.375. The average molecular weight is 392 g/mol. The number of halogens is 4. The number of aromatic nitrogens is 1. The second kappa shape index (κ2) is 8.16. The van der Waals surface area contributed by atoms with Gasteiger partial charge in [-0.05, 0) is 31.5 Å². The van der Waals surface area contributed by atoms with Gasteiger partial charge in [-0.25, -0.2) is 4.98 Å². The maximum atomic E-state index is 12.6. The first-order valence-electron chi connectivity index (χ1n) is 7.56. The van der Waals surface area contributed by atoms with Crippen LogP contribution in [-0.4, -0.2) is 23.5 Å². The Kier molecular flexibility index (Phi) is 6.42. The zero-order chi connectivity index (χ0) is 17.2. The first-order valence-corrected chi connectivity index (χ1v) is 8.44. The van der Waals surface area contributed by atoms with Crippen LogP contribution in [0.3, 0.4) is 0 Å². The van der Waals surface area contributed by atoms with Crippen LogP contribution in [-0.2, 0) is 17.5 Å². The lowest BCUT2D eigenvalue weighted by atomic mass is 10.1. The van der Waals surface area contributed by atoms with E-state index in [0.29, 0.717) is 22.8 Å². The molecule has 1 unspecified atom stereocenters. The molecular weight excluding hydrogens is 375 g/mol. The van der Waals surface area contributed by atoms with Gasteiger partial charge in [-0.2, -0.15) is 13.2 Å². The van der Waals surface area contributed by atoms with Crippen molar-refractivity contribution >= 4 is 29.7 Å². The molecule has 1 aliphatic rings. The van der Waals surface area contributed by atoms with Gasteiger partial charge in [-0.15, -0.1) is 23.7 Å². The molecule has 2 aromatic rings. The highest BCUT2D eigenvalue weighted by Gasteiger charge is 2.30. The van der Waals surface area contributed by atoms with Crippen molar-refractivity contribution in [3.8, 4) is 10.6 Å². The Bertz CT molecular complexity index is 712. The van der Waals surface area contributed by atoms with Gasteiger partial charge in [0, 0.05) is 10.9 Å². The molecule has 1 aliphatic heterocycles. The normalized spacial score (nSPS) is 17.2. The summed E-state index contributed by atoms with van der Waals surface area (Å²) in [5.74, 6) is -0.0448. The second-order valence-electron chi connectivity index (χ2n) is 5.59. The Morgan fingerprint density at radius 1 is 1.32 bits per heavy atom. The van der Waals surface area contributed by atoms with Crippen LogP contribution < -0.4 is 10.6 Å². The van der Waals surface area contributed by atoms with Gasteiger partial charge < -0.3 is 10.6 Å². The summed E-state index contributed by atoms with van der Waals surface area (Å²) in [6.45, 7) is 1.17. The van der Waals surface area contributed by atoms with Crippen LogP contribution in [0.5, 0.6) is 0 Å². The van der Waals surface area contributed by atoms with Crippen molar-refractivity contribution in [2.45, 2.75) is 31.6 Å². The molecule has 25 heavy (non-hydrogen) atoms. The fourth-order valence-electron chi connectivity index (χ4n) is 2.53. The maximum absolute atomic E-state index is 12.6. The summed E-state index contributed by atoms with van der Waals surface area (Å²) in [6, 6.07) is 4.77. The molecule has 1 saturated heterocycles. The molecule has 2 N–H and O–H groups in total. The van der Waals surface area contributed by atoms with Crippen LogP contribution in [0.2, 0.25) is 0 Å². The number of hydrogen-bond acceptors (Lipinski definition) is 4. The number of rotatable bonds is 4. The number of alkyl halides is 3. The highest BCUT2D eigenvalue weighted by Crippen LogP contribution is 2.31. The molecule has 1 amide bonds. The molecule has 3 rings (SSSR count). The van der Waals surface area contributed by atoms with Crippen molar-refractivity contribution in [2.24, 2.45) is 0 Å². The van der Waals surface area contributed by atoms with Crippen LogP contribution in [0.4, 0.5) is 13.2 Å². The number of nitrogens with one attached hydrogen (secondary N) is 2. The van der Waals surface area contributed by atoms with E-state index in [-0.39, 0.29) is 24.4 Å². The van der Waals surface area contributed by atoms with Crippen molar-refractivity contribution in [1.82, 2.24) is 15.6 Å². The van der Waals surface area contributed by atoms with E-state index >= 15 is 0 Å². The van der Waals surface area contributed by atoms with E-state index in [1.807, 2.05) is 0 Å². The van der Waals surface area contributed by atoms with Crippen LogP contribution in [0.1, 0.15) is 24.1 Å². The zero-order valence-corrected chi connectivity index (χ0v) is 14.7. The highest BCUT2D eigenvalue weighted by atomic mass is 35.5. The molecular formula is C16H17ClF3N3OS. The molecule has 0 saturated carbocycles. The lowest BCUT2D eigenvalue weighted by molar-refractivity contribution is -0.137. The van der Waals surface area contributed by atoms with Gasteiger partial charge >= 0.3 is 6.18 Å². The smallest absolute Gasteiger partial charge is 0.349 e. The number of thiazole rings is 1. The van der Waals surface area contributed by atoms with Crippen LogP contribution in [0, 0.1) is 0 Å². The molecule has 0 aliphatic carbocycles. The van der Waals surface area contributed by atoms with E-state index in [0.717, 1.165) is 31.5 Å². The summed E-state index contributed by atoms with van der Waals surface area (Å²) in [7, 11) is 0. The van der Waals surface area contributed by atoms with E-state index in [1.165, 1.54) is 23.5 Å². The maximum Gasteiger partial charge on any atom is 0.416 e. The minimum Gasteiger partial charge on any atom is -0.349 e. The average Bonchev–Trinajstić information content (AvgIpc) is 3.23. The van der Waals surface area contributed by atoms with Crippen molar-refractivity contribution in [2.75, 3.05) is 6.54 Å². The molecule has 1 fully saturated rings. The summed E-state index contributed by atoms with van der Waals surface area (Å²) < 4.78 is 37.7. The molecule has 136 valence electrons. The van der Waals surface area contributed by atoms with Gasteiger partial charge in [0.05, 0.1) is 23.8 Å².